The average Bonchev–Trinajstić information content (AvgIpc) is 3.57. The van der Waals surface area contributed by atoms with Gasteiger partial charge >= 0.3 is 0 Å². The molecule has 250 valence electrons. The molecule has 50 heavy (non-hydrogen) atoms. The molecule has 7 aromatic rings. The number of para-hydroxylation sites is 1. The van der Waals surface area contributed by atoms with Gasteiger partial charge in [0, 0.05) is 38.8 Å². The van der Waals surface area contributed by atoms with Gasteiger partial charge in [0.25, 0.3) is 0 Å². The van der Waals surface area contributed by atoms with E-state index in [0.29, 0.717) is 0 Å². The molecule has 1 aliphatic rings. The summed E-state index contributed by atoms with van der Waals surface area (Å²) in [5.41, 5.74) is 16.7. The molecule has 2 nitrogen and oxygen atoms in total. The molecule has 0 unspecified atom stereocenters. The highest BCUT2D eigenvalue weighted by Gasteiger charge is 2.38. The summed E-state index contributed by atoms with van der Waals surface area (Å²) in [7, 11) is 0. The fourth-order valence-electron chi connectivity index (χ4n) is 8.02. The molecule has 2 heteroatoms. The summed E-state index contributed by atoms with van der Waals surface area (Å²) >= 11 is 0. The van der Waals surface area contributed by atoms with E-state index < -0.39 is 0 Å². The van der Waals surface area contributed by atoms with E-state index in [0.717, 1.165) is 39.2 Å². The van der Waals surface area contributed by atoms with Gasteiger partial charge in [0.2, 0.25) is 0 Å². The van der Waals surface area contributed by atoms with E-state index in [4.69, 9.17) is 4.42 Å². The Morgan fingerprint density at radius 3 is 1.78 bits per heavy atom. The SMILES string of the molecule is Cc1cccc2c1oc1cc3c(c(-c4cccc(N(c5cccc(C(C)(C)C)c5)c5cccc(C(C)(C)C)c5)c4)c12)-c1ccccc1C3(C)C. The minimum absolute atomic E-state index is 0.0215. The van der Waals surface area contributed by atoms with Crippen molar-refractivity contribution in [3.05, 3.63) is 149 Å². The maximum Gasteiger partial charge on any atom is 0.138 e. The molecule has 0 aliphatic heterocycles. The highest BCUT2D eigenvalue weighted by Crippen LogP contribution is 2.56. The van der Waals surface area contributed by atoms with Crippen LogP contribution in [0.5, 0.6) is 0 Å². The smallest absolute Gasteiger partial charge is 0.138 e. The van der Waals surface area contributed by atoms with Crippen LogP contribution in [0.4, 0.5) is 17.1 Å². The number of hydrogen-bond acceptors (Lipinski definition) is 2. The molecule has 0 saturated heterocycles. The second kappa shape index (κ2) is 11.2. The van der Waals surface area contributed by atoms with Crippen LogP contribution < -0.4 is 4.90 Å². The minimum Gasteiger partial charge on any atom is -0.456 e. The lowest BCUT2D eigenvalue weighted by atomic mass is 9.81. The fraction of sp³-hybridized carbons (Fsp3) is 0.250. The number of furan rings is 1. The zero-order valence-electron chi connectivity index (χ0n) is 30.9. The molecule has 0 bridgehead atoms. The number of benzene rings is 6. The quantitative estimate of drug-likeness (QED) is 0.188. The van der Waals surface area contributed by atoms with E-state index in [1.807, 2.05) is 0 Å². The van der Waals surface area contributed by atoms with Gasteiger partial charge in [0.05, 0.1) is 0 Å². The van der Waals surface area contributed by atoms with Crippen LogP contribution in [0.15, 0.2) is 126 Å². The summed E-state index contributed by atoms with van der Waals surface area (Å²) in [6.07, 6.45) is 0. The predicted octanol–water partition coefficient (Wildman–Crippen LogP) is 13.9. The van der Waals surface area contributed by atoms with Crippen molar-refractivity contribution in [3.63, 3.8) is 0 Å². The molecule has 0 atom stereocenters. The van der Waals surface area contributed by atoms with Gasteiger partial charge in [0.1, 0.15) is 11.2 Å². The normalized spacial score (nSPS) is 13.9. The maximum absolute atomic E-state index is 6.76. The summed E-state index contributed by atoms with van der Waals surface area (Å²) in [5.74, 6) is 0. The van der Waals surface area contributed by atoms with Gasteiger partial charge < -0.3 is 9.32 Å². The van der Waals surface area contributed by atoms with Gasteiger partial charge in [-0.15, -0.1) is 0 Å². The fourth-order valence-corrected chi connectivity index (χ4v) is 8.02. The van der Waals surface area contributed by atoms with Crippen molar-refractivity contribution >= 4 is 39.0 Å². The lowest BCUT2D eigenvalue weighted by Gasteiger charge is -2.30. The van der Waals surface area contributed by atoms with Gasteiger partial charge in [0.15, 0.2) is 0 Å². The van der Waals surface area contributed by atoms with Crippen LogP contribution in [0.1, 0.15) is 83.2 Å². The minimum atomic E-state index is -0.159. The van der Waals surface area contributed by atoms with Crippen molar-refractivity contribution in [2.75, 3.05) is 4.90 Å². The monoisotopic (exact) mass is 653 g/mol. The Labute approximate surface area is 297 Å². The molecule has 0 saturated carbocycles. The maximum atomic E-state index is 6.76. The third-order valence-corrected chi connectivity index (χ3v) is 10.9. The summed E-state index contributed by atoms with van der Waals surface area (Å²) in [5, 5.41) is 2.35. The Balaban J connectivity index is 1.44. The van der Waals surface area contributed by atoms with Gasteiger partial charge in [-0.3, -0.25) is 0 Å². The molecule has 1 aromatic heterocycles. The molecular weight excluding hydrogens is 607 g/mol. The first-order valence-corrected chi connectivity index (χ1v) is 17.9. The molecular formula is C48H47NO. The molecule has 0 radical (unpaired) electrons. The van der Waals surface area contributed by atoms with E-state index >= 15 is 0 Å². The predicted molar refractivity (Wildman–Crippen MR) is 214 cm³/mol. The third kappa shape index (κ3) is 5.07. The van der Waals surface area contributed by atoms with E-state index in [1.165, 1.54) is 49.9 Å². The average molecular weight is 654 g/mol. The van der Waals surface area contributed by atoms with Gasteiger partial charge in [-0.25, -0.2) is 0 Å². The molecule has 6 aromatic carbocycles. The largest absolute Gasteiger partial charge is 0.456 e. The van der Waals surface area contributed by atoms with E-state index in [9.17, 15) is 0 Å². The first-order valence-electron chi connectivity index (χ1n) is 17.9. The van der Waals surface area contributed by atoms with E-state index in [1.54, 1.807) is 0 Å². The standard InChI is InChI=1S/C48H47NO/c1-30-16-12-24-38-44-41(50-45(30)38)29-40-43(37-23-10-11-25-39(37)48(40,8)9)42(44)31-17-13-20-34(26-31)49(35-21-14-18-32(27-35)46(2,3)4)36-22-15-19-33(28-36)47(5,6)7/h10-29H,1-9H3. The zero-order chi connectivity index (χ0) is 35.2. The molecule has 0 N–H and O–H groups in total. The topological polar surface area (TPSA) is 16.4 Å². The second-order valence-electron chi connectivity index (χ2n) is 16.8. The lowest BCUT2D eigenvalue weighted by molar-refractivity contribution is 0.590. The first-order chi connectivity index (χ1) is 23.7. The number of aryl methyl sites for hydroxylation is 1. The Kier molecular flexibility index (Phi) is 7.21. The van der Waals surface area contributed by atoms with Crippen molar-refractivity contribution in [2.24, 2.45) is 0 Å². The van der Waals surface area contributed by atoms with Crippen LogP contribution >= 0.6 is 0 Å². The third-order valence-electron chi connectivity index (χ3n) is 10.9. The highest BCUT2D eigenvalue weighted by atomic mass is 16.3. The molecule has 1 aliphatic carbocycles. The zero-order valence-corrected chi connectivity index (χ0v) is 30.9. The van der Waals surface area contributed by atoms with E-state index in [2.05, 4.69) is 189 Å². The Morgan fingerprint density at radius 2 is 1.14 bits per heavy atom. The van der Waals surface area contributed by atoms with Gasteiger partial charge in [-0.1, -0.05) is 134 Å². The van der Waals surface area contributed by atoms with Crippen LogP contribution in [0.2, 0.25) is 0 Å². The van der Waals surface area contributed by atoms with Crippen LogP contribution in [0.3, 0.4) is 0 Å². The van der Waals surface area contributed by atoms with Crippen LogP contribution in [-0.2, 0) is 16.2 Å². The summed E-state index contributed by atoms with van der Waals surface area (Å²) < 4.78 is 6.76. The van der Waals surface area contributed by atoms with Crippen molar-refractivity contribution < 1.29 is 4.42 Å². The van der Waals surface area contributed by atoms with Crippen molar-refractivity contribution in [1.82, 2.24) is 0 Å². The Hall–Kier alpha value is -5.08. The number of nitrogens with zero attached hydrogens (tertiary/aromatic N) is 1. The lowest BCUT2D eigenvalue weighted by Crippen LogP contribution is -2.16. The molecule has 0 spiro atoms. The van der Waals surface area contributed by atoms with Crippen molar-refractivity contribution in [2.45, 2.75) is 78.6 Å². The van der Waals surface area contributed by atoms with Crippen LogP contribution in [0.25, 0.3) is 44.2 Å². The highest BCUT2D eigenvalue weighted by molar-refractivity contribution is 6.18. The van der Waals surface area contributed by atoms with Gasteiger partial charge in [-0.05, 0) is 105 Å². The summed E-state index contributed by atoms with van der Waals surface area (Å²) in [4.78, 5) is 2.43. The molecule has 1 heterocycles. The summed E-state index contributed by atoms with van der Waals surface area (Å²) in [6, 6.07) is 45.1. The molecule has 0 amide bonds. The van der Waals surface area contributed by atoms with Crippen molar-refractivity contribution in [3.8, 4) is 22.3 Å². The summed E-state index contributed by atoms with van der Waals surface area (Å²) in [6.45, 7) is 20.6. The van der Waals surface area contributed by atoms with Crippen LogP contribution in [-0.4, -0.2) is 0 Å². The van der Waals surface area contributed by atoms with Crippen molar-refractivity contribution in [1.29, 1.82) is 0 Å². The van der Waals surface area contributed by atoms with Gasteiger partial charge in [-0.2, -0.15) is 0 Å². The second-order valence-corrected chi connectivity index (χ2v) is 16.8. The number of anilines is 3. The molecule has 0 fully saturated rings. The first kappa shape index (κ1) is 32.1. The molecule has 8 rings (SSSR count). The Morgan fingerprint density at radius 1 is 0.560 bits per heavy atom. The number of hydrogen-bond donors (Lipinski definition) is 0. The Bertz CT molecular complexity index is 2380. The number of fused-ring (bicyclic) bond motifs is 6. The number of rotatable bonds is 4. The van der Waals surface area contributed by atoms with E-state index in [-0.39, 0.29) is 16.2 Å². The van der Waals surface area contributed by atoms with Crippen LogP contribution in [0, 0.1) is 6.92 Å².